The van der Waals surface area contributed by atoms with Crippen LogP contribution in [0.1, 0.15) is 22.8 Å². The number of pyridine rings is 1. The summed E-state index contributed by atoms with van der Waals surface area (Å²) in [6.45, 7) is 1.03. The average molecular weight is 205 g/mol. The smallest absolute Gasteiger partial charge is 0.328 e. The Labute approximate surface area is 76.6 Å². The number of rotatable bonds is 1. The van der Waals surface area contributed by atoms with Gasteiger partial charge in [0, 0.05) is 6.20 Å². The number of H-pyrrole nitrogens is 1. The number of Topliss-reactive ketones (excluding diaryl/α,β-unsaturated/α-hetero) is 1. The molecule has 0 atom stereocenters. The quantitative estimate of drug-likeness (QED) is 0.708. The number of aromatic amines is 1. The lowest BCUT2D eigenvalue weighted by atomic mass is 10.1. The molecule has 0 fully saturated rings. The van der Waals surface area contributed by atoms with Crippen molar-refractivity contribution in [1.82, 2.24) is 4.98 Å². The predicted octanol–water partition coefficient (Wildman–Crippen LogP) is 1.60. The molecule has 76 valence electrons. The van der Waals surface area contributed by atoms with Gasteiger partial charge in [0.1, 0.15) is 0 Å². The number of aromatic nitrogens is 1. The van der Waals surface area contributed by atoms with Crippen LogP contribution in [0.4, 0.5) is 13.2 Å². The Hall–Kier alpha value is -1.59. The molecule has 1 aromatic rings. The van der Waals surface area contributed by atoms with Crippen LogP contribution in [-0.2, 0) is 6.18 Å². The fraction of sp³-hybridized carbons (Fsp3) is 0.250. The maximum atomic E-state index is 12.1. The third-order valence-electron chi connectivity index (χ3n) is 1.61. The zero-order valence-corrected chi connectivity index (χ0v) is 7.11. The van der Waals surface area contributed by atoms with E-state index in [1.54, 1.807) is 0 Å². The van der Waals surface area contributed by atoms with Gasteiger partial charge in [-0.15, -0.1) is 0 Å². The molecule has 0 bridgehead atoms. The summed E-state index contributed by atoms with van der Waals surface area (Å²) in [5.74, 6) is -0.697. The number of alkyl halides is 3. The van der Waals surface area contributed by atoms with E-state index in [0.29, 0.717) is 12.3 Å². The van der Waals surface area contributed by atoms with Gasteiger partial charge in [-0.2, -0.15) is 13.2 Å². The van der Waals surface area contributed by atoms with Crippen molar-refractivity contribution in [3.8, 4) is 0 Å². The molecule has 0 aliphatic carbocycles. The Morgan fingerprint density at radius 2 is 2.00 bits per heavy atom. The molecule has 0 amide bonds. The van der Waals surface area contributed by atoms with E-state index < -0.39 is 28.6 Å². The summed E-state index contributed by atoms with van der Waals surface area (Å²) < 4.78 is 36.4. The fourth-order valence-corrected chi connectivity index (χ4v) is 0.909. The van der Waals surface area contributed by atoms with E-state index in [0.717, 1.165) is 6.92 Å². The second-order valence-electron chi connectivity index (χ2n) is 2.69. The molecular weight excluding hydrogens is 199 g/mol. The van der Waals surface area contributed by atoms with Gasteiger partial charge in [0.15, 0.2) is 5.78 Å². The minimum atomic E-state index is -4.56. The molecule has 14 heavy (non-hydrogen) atoms. The molecule has 0 saturated heterocycles. The van der Waals surface area contributed by atoms with Crippen LogP contribution in [0.5, 0.6) is 0 Å². The Kier molecular flexibility index (Phi) is 2.46. The highest BCUT2D eigenvalue weighted by atomic mass is 19.4. The second-order valence-corrected chi connectivity index (χ2v) is 2.69. The topological polar surface area (TPSA) is 49.9 Å². The van der Waals surface area contributed by atoms with E-state index in [-0.39, 0.29) is 0 Å². The molecule has 0 radical (unpaired) electrons. The third-order valence-corrected chi connectivity index (χ3v) is 1.61. The molecule has 1 aromatic heterocycles. The molecule has 0 saturated carbocycles. The van der Waals surface area contributed by atoms with Gasteiger partial charge in [0.05, 0.1) is 11.1 Å². The Bertz CT molecular complexity index is 419. The zero-order valence-electron chi connectivity index (χ0n) is 7.11. The lowest BCUT2D eigenvalue weighted by molar-refractivity contribution is -0.137. The molecule has 3 nitrogen and oxygen atoms in total. The number of carbonyl (C=O) groups is 1. The molecular formula is C8H6F3NO2. The van der Waals surface area contributed by atoms with Gasteiger partial charge in [0.25, 0.3) is 5.56 Å². The number of hydrogen-bond donors (Lipinski definition) is 1. The molecule has 1 heterocycles. The van der Waals surface area contributed by atoms with Gasteiger partial charge in [-0.1, -0.05) is 0 Å². The minimum Gasteiger partial charge on any atom is -0.328 e. The van der Waals surface area contributed by atoms with E-state index >= 15 is 0 Å². The van der Waals surface area contributed by atoms with Gasteiger partial charge in [-0.3, -0.25) is 9.59 Å². The Morgan fingerprint density at radius 3 is 2.43 bits per heavy atom. The van der Waals surface area contributed by atoms with Gasteiger partial charge in [-0.05, 0) is 13.0 Å². The molecule has 0 aromatic carbocycles. The van der Waals surface area contributed by atoms with Crippen LogP contribution in [0.3, 0.4) is 0 Å². The largest absolute Gasteiger partial charge is 0.417 e. The van der Waals surface area contributed by atoms with Crippen molar-refractivity contribution in [2.24, 2.45) is 0 Å². The summed E-state index contributed by atoms with van der Waals surface area (Å²) in [5.41, 5.74) is -2.34. The molecule has 0 spiro atoms. The first kappa shape index (κ1) is 10.5. The molecule has 0 aliphatic rings. The number of nitrogens with one attached hydrogen (secondary N) is 1. The lowest BCUT2D eigenvalue weighted by Gasteiger charge is -2.06. The van der Waals surface area contributed by atoms with Crippen LogP contribution in [0, 0.1) is 0 Å². The summed E-state index contributed by atoms with van der Waals surface area (Å²) in [4.78, 5) is 23.5. The summed E-state index contributed by atoms with van der Waals surface area (Å²) in [6.07, 6.45) is -4.02. The zero-order chi connectivity index (χ0) is 10.9. The Morgan fingerprint density at radius 1 is 1.43 bits per heavy atom. The van der Waals surface area contributed by atoms with Gasteiger partial charge in [-0.25, -0.2) is 0 Å². The maximum Gasteiger partial charge on any atom is 0.417 e. The number of hydrogen-bond acceptors (Lipinski definition) is 2. The van der Waals surface area contributed by atoms with Gasteiger partial charge in [0.2, 0.25) is 0 Å². The number of ketones is 1. The highest BCUT2D eigenvalue weighted by Crippen LogP contribution is 2.28. The highest BCUT2D eigenvalue weighted by molar-refractivity contribution is 5.93. The van der Waals surface area contributed by atoms with Crippen LogP contribution in [0.2, 0.25) is 0 Å². The van der Waals surface area contributed by atoms with E-state index in [1.165, 1.54) is 0 Å². The average Bonchev–Trinajstić information content (AvgIpc) is 2.02. The first-order valence-electron chi connectivity index (χ1n) is 3.63. The predicted molar refractivity (Wildman–Crippen MR) is 42.1 cm³/mol. The van der Waals surface area contributed by atoms with E-state index in [2.05, 4.69) is 0 Å². The summed E-state index contributed by atoms with van der Waals surface area (Å²) in [5, 5.41) is 0. The normalized spacial score (nSPS) is 11.4. The van der Waals surface area contributed by atoms with Crippen molar-refractivity contribution in [3.05, 3.63) is 33.7 Å². The van der Waals surface area contributed by atoms with Crippen LogP contribution in [-0.4, -0.2) is 10.8 Å². The highest BCUT2D eigenvalue weighted by Gasteiger charge is 2.31. The minimum absolute atomic E-state index is 0.486. The molecule has 6 heteroatoms. The van der Waals surface area contributed by atoms with Crippen molar-refractivity contribution >= 4 is 5.78 Å². The number of carbonyl (C=O) groups excluding carboxylic acids is 1. The van der Waals surface area contributed by atoms with Crippen molar-refractivity contribution < 1.29 is 18.0 Å². The van der Waals surface area contributed by atoms with E-state index in [1.807, 2.05) is 4.98 Å². The number of halogens is 3. The van der Waals surface area contributed by atoms with E-state index in [9.17, 15) is 22.8 Å². The Balaban J connectivity index is 3.34. The van der Waals surface area contributed by atoms with Gasteiger partial charge >= 0.3 is 6.18 Å². The monoisotopic (exact) mass is 205 g/mol. The van der Waals surface area contributed by atoms with Crippen LogP contribution in [0.25, 0.3) is 0 Å². The van der Waals surface area contributed by atoms with Gasteiger partial charge < -0.3 is 4.98 Å². The van der Waals surface area contributed by atoms with Crippen molar-refractivity contribution in [2.45, 2.75) is 13.1 Å². The summed E-state index contributed by atoms with van der Waals surface area (Å²) in [6, 6.07) is 0.543. The second kappa shape index (κ2) is 3.28. The van der Waals surface area contributed by atoms with Crippen molar-refractivity contribution in [2.75, 3.05) is 0 Å². The standard InChI is InChI=1S/C8H6F3NO2/c1-4(13)6-2-5(8(9,10)11)3-12-7(6)14/h2-3H,1H3,(H,12,14). The van der Waals surface area contributed by atoms with Crippen LogP contribution < -0.4 is 5.56 Å². The van der Waals surface area contributed by atoms with Crippen LogP contribution >= 0.6 is 0 Å². The molecule has 0 aliphatic heterocycles. The summed E-state index contributed by atoms with van der Waals surface area (Å²) in [7, 11) is 0. The molecule has 1 rings (SSSR count). The fourth-order valence-electron chi connectivity index (χ4n) is 0.909. The molecule has 1 N–H and O–H groups in total. The molecule has 0 unspecified atom stereocenters. The lowest BCUT2D eigenvalue weighted by Crippen LogP contribution is -2.18. The SMILES string of the molecule is CC(=O)c1cc(C(F)(F)F)c[nH]c1=O. The van der Waals surface area contributed by atoms with E-state index in [4.69, 9.17) is 0 Å². The first-order valence-corrected chi connectivity index (χ1v) is 3.63. The third kappa shape index (κ3) is 2.01. The van der Waals surface area contributed by atoms with Crippen LogP contribution in [0.15, 0.2) is 17.1 Å². The maximum absolute atomic E-state index is 12.1. The summed E-state index contributed by atoms with van der Waals surface area (Å²) >= 11 is 0. The van der Waals surface area contributed by atoms with Crippen molar-refractivity contribution in [3.63, 3.8) is 0 Å². The van der Waals surface area contributed by atoms with Crippen molar-refractivity contribution in [1.29, 1.82) is 0 Å². The first-order chi connectivity index (χ1) is 6.32.